The first-order valence-corrected chi connectivity index (χ1v) is 6.73. The first kappa shape index (κ1) is 14.0. The highest BCUT2D eigenvalue weighted by atomic mass is 79.9. The molecule has 2 rings (SSSR count). The second-order valence-corrected chi connectivity index (χ2v) is 5.45. The van der Waals surface area contributed by atoms with Gasteiger partial charge in [-0.1, -0.05) is 6.07 Å². The number of hydrogen-bond donors (Lipinski definition) is 2. The van der Waals surface area contributed by atoms with Crippen LogP contribution in [0.5, 0.6) is 0 Å². The average Bonchev–Trinajstić information content (AvgIpc) is 2.28. The molecule has 1 fully saturated rings. The van der Waals surface area contributed by atoms with E-state index in [0.29, 0.717) is 22.9 Å². The van der Waals surface area contributed by atoms with E-state index >= 15 is 0 Å². The van der Waals surface area contributed by atoms with Gasteiger partial charge in [0, 0.05) is 6.54 Å². The lowest BCUT2D eigenvalue weighted by molar-refractivity contribution is -0.152. The first-order chi connectivity index (χ1) is 8.99. The van der Waals surface area contributed by atoms with Crippen molar-refractivity contribution in [2.45, 2.75) is 19.4 Å². The molecule has 0 aromatic heterocycles. The molecule has 0 saturated heterocycles. The molecule has 4 nitrogen and oxygen atoms in total. The molecule has 1 aliphatic rings. The number of benzene rings is 1. The summed E-state index contributed by atoms with van der Waals surface area (Å²) in [6, 6.07) is 4.60. The Morgan fingerprint density at radius 2 is 2.05 bits per heavy atom. The molecule has 2 N–H and O–H groups in total. The van der Waals surface area contributed by atoms with Gasteiger partial charge in [-0.3, -0.25) is 9.59 Å². The van der Waals surface area contributed by atoms with Crippen molar-refractivity contribution >= 4 is 27.8 Å². The van der Waals surface area contributed by atoms with Crippen molar-refractivity contribution in [3.05, 3.63) is 34.1 Å². The summed E-state index contributed by atoms with van der Waals surface area (Å²) in [6.07, 6.45) is 1.14. The second kappa shape index (κ2) is 5.69. The molecular formula is C13H13BrFNO3. The zero-order valence-electron chi connectivity index (χ0n) is 10.0. The van der Waals surface area contributed by atoms with Crippen molar-refractivity contribution < 1.29 is 19.1 Å². The summed E-state index contributed by atoms with van der Waals surface area (Å²) in [6.45, 7) is 0.200. The van der Waals surface area contributed by atoms with E-state index < -0.39 is 17.8 Å². The molecule has 0 bridgehead atoms. The minimum absolute atomic E-state index is 0.200. The number of rotatable bonds is 4. The number of nitrogens with one attached hydrogen (secondary N) is 1. The third-order valence-corrected chi connectivity index (χ3v) is 4.02. The van der Waals surface area contributed by atoms with E-state index in [1.807, 2.05) is 0 Å². The lowest BCUT2D eigenvalue weighted by Gasteiger charge is -2.31. The van der Waals surface area contributed by atoms with Crippen molar-refractivity contribution in [3.63, 3.8) is 0 Å². The maximum atomic E-state index is 13.3. The normalized spacial score (nSPS) is 21.6. The number of carboxylic acids is 1. The Kier molecular flexibility index (Phi) is 4.19. The van der Waals surface area contributed by atoms with E-state index in [1.165, 1.54) is 6.07 Å². The van der Waals surface area contributed by atoms with Crippen LogP contribution in [0.2, 0.25) is 0 Å². The molecule has 1 aromatic carbocycles. The molecule has 1 aliphatic carbocycles. The monoisotopic (exact) mass is 329 g/mol. The summed E-state index contributed by atoms with van der Waals surface area (Å²) in [5, 5.41) is 11.5. The molecule has 1 amide bonds. The minimum atomic E-state index is -0.930. The number of amides is 1. The van der Waals surface area contributed by atoms with Gasteiger partial charge in [0.15, 0.2) is 0 Å². The largest absolute Gasteiger partial charge is 0.481 e. The van der Waals surface area contributed by atoms with Crippen LogP contribution in [0.1, 0.15) is 18.4 Å². The summed E-state index contributed by atoms with van der Waals surface area (Å²) in [5.41, 5.74) is 0.639. The molecule has 102 valence electrons. The highest BCUT2D eigenvalue weighted by Gasteiger charge is 2.41. The van der Waals surface area contributed by atoms with Crippen molar-refractivity contribution in [1.82, 2.24) is 5.32 Å². The van der Waals surface area contributed by atoms with Gasteiger partial charge in [0.1, 0.15) is 5.82 Å². The lowest BCUT2D eigenvalue weighted by Crippen LogP contribution is -2.43. The zero-order chi connectivity index (χ0) is 14.0. The highest BCUT2D eigenvalue weighted by molar-refractivity contribution is 9.10. The van der Waals surface area contributed by atoms with Crippen molar-refractivity contribution in [3.8, 4) is 0 Å². The van der Waals surface area contributed by atoms with E-state index in [0.717, 1.165) is 0 Å². The number of carbonyl (C=O) groups excluding carboxylic acids is 1. The fraction of sp³-hybridized carbons (Fsp3) is 0.385. The number of aliphatic carboxylic acids is 1. The van der Waals surface area contributed by atoms with Gasteiger partial charge >= 0.3 is 5.97 Å². The van der Waals surface area contributed by atoms with E-state index in [-0.39, 0.29) is 18.3 Å². The van der Waals surface area contributed by atoms with Gasteiger partial charge in [-0.2, -0.15) is 0 Å². The Labute approximate surface area is 118 Å². The van der Waals surface area contributed by atoms with Crippen LogP contribution in [0.4, 0.5) is 4.39 Å². The molecule has 0 aliphatic heterocycles. The Hall–Kier alpha value is -1.43. The van der Waals surface area contributed by atoms with Gasteiger partial charge in [0.2, 0.25) is 5.91 Å². The van der Waals surface area contributed by atoms with Crippen LogP contribution in [0.25, 0.3) is 0 Å². The topological polar surface area (TPSA) is 66.4 Å². The molecule has 0 radical (unpaired) electrons. The number of carboxylic acid groups (broad SMARTS) is 1. The van der Waals surface area contributed by atoms with Crippen LogP contribution >= 0.6 is 15.9 Å². The molecule has 1 saturated carbocycles. The van der Waals surface area contributed by atoms with Gasteiger partial charge in [0.25, 0.3) is 0 Å². The number of carbonyl (C=O) groups is 2. The third kappa shape index (κ3) is 3.12. The molecule has 6 heteroatoms. The fourth-order valence-electron chi connectivity index (χ4n) is 2.08. The molecule has 0 heterocycles. The first-order valence-electron chi connectivity index (χ1n) is 5.93. The predicted octanol–water partition coefficient (Wildman–Crippen LogP) is 2.32. The van der Waals surface area contributed by atoms with E-state index in [2.05, 4.69) is 21.2 Å². The van der Waals surface area contributed by atoms with Gasteiger partial charge in [0.05, 0.1) is 16.3 Å². The van der Waals surface area contributed by atoms with Crippen molar-refractivity contribution in [2.24, 2.45) is 11.8 Å². The van der Waals surface area contributed by atoms with Crippen LogP contribution in [0.15, 0.2) is 22.7 Å². The summed E-state index contributed by atoms with van der Waals surface area (Å²) in [5.74, 6) is -2.64. The van der Waals surface area contributed by atoms with Crippen LogP contribution in [0.3, 0.4) is 0 Å². The van der Waals surface area contributed by atoms with E-state index in [4.69, 9.17) is 5.11 Å². The minimum Gasteiger partial charge on any atom is -0.481 e. The molecule has 1 aromatic rings. The number of halogens is 2. The van der Waals surface area contributed by atoms with Crippen LogP contribution in [0, 0.1) is 17.7 Å². The molecular weight excluding hydrogens is 317 g/mol. The SMILES string of the molecule is O=C(O)C1CCC1C(=O)NCc1ccc(Br)c(F)c1. The Balaban J connectivity index is 1.90. The summed E-state index contributed by atoms with van der Waals surface area (Å²) in [4.78, 5) is 22.6. The van der Waals surface area contributed by atoms with Gasteiger partial charge in [-0.15, -0.1) is 0 Å². The summed E-state index contributed by atoms with van der Waals surface area (Å²) < 4.78 is 13.6. The molecule has 2 atom stereocenters. The zero-order valence-corrected chi connectivity index (χ0v) is 11.6. The summed E-state index contributed by atoms with van der Waals surface area (Å²) in [7, 11) is 0. The van der Waals surface area contributed by atoms with Crippen molar-refractivity contribution in [2.75, 3.05) is 0 Å². The molecule has 0 spiro atoms. The smallest absolute Gasteiger partial charge is 0.307 e. The van der Waals surface area contributed by atoms with Gasteiger partial charge in [-0.25, -0.2) is 4.39 Å². The molecule has 19 heavy (non-hydrogen) atoms. The Morgan fingerprint density at radius 1 is 1.37 bits per heavy atom. The summed E-state index contributed by atoms with van der Waals surface area (Å²) >= 11 is 3.05. The molecule has 2 unspecified atom stereocenters. The Bertz CT molecular complexity index is 521. The Morgan fingerprint density at radius 3 is 2.58 bits per heavy atom. The average molecular weight is 330 g/mol. The van der Waals surface area contributed by atoms with Crippen LogP contribution in [-0.2, 0) is 16.1 Å². The van der Waals surface area contributed by atoms with E-state index in [9.17, 15) is 14.0 Å². The maximum Gasteiger partial charge on any atom is 0.307 e. The lowest BCUT2D eigenvalue weighted by atomic mass is 9.73. The third-order valence-electron chi connectivity index (χ3n) is 3.38. The highest BCUT2D eigenvalue weighted by Crippen LogP contribution is 2.34. The maximum absolute atomic E-state index is 13.3. The quantitative estimate of drug-likeness (QED) is 0.890. The van der Waals surface area contributed by atoms with E-state index in [1.54, 1.807) is 12.1 Å². The fourth-order valence-corrected chi connectivity index (χ4v) is 2.33. The number of hydrogen-bond acceptors (Lipinski definition) is 2. The van der Waals surface area contributed by atoms with Crippen molar-refractivity contribution in [1.29, 1.82) is 0 Å². The van der Waals surface area contributed by atoms with Crippen LogP contribution < -0.4 is 5.32 Å². The standard InChI is InChI=1S/C13H13BrFNO3/c14-10-4-1-7(5-11(10)15)6-16-12(17)8-2-3-9(8)13(18)19/h1,4-5,8-9H,2-3,6H2,(H,16,17)(H,18,19). The second-order valence-electron chi connectivity index (χ2n) is 4.59. The van der Waals surface area contributed by atoms with Gasteiger partial charge < -0.3 is 10.4 Å². The van der Waals surface area contributed by atoms with Gasteiger partial charge in [-0.05, 0) is 46.5 Å². The van der Waals surface area contributed by atoms with Crippen LogP contribution in [-0.4, -0.2) is 17.0 Å². The predicted molar refractivity (Wildman–Crippen MR) is 69.8 cm³/mol.